The van der Waals surface area contributed by atoms with Crippen molar-refractivity contribution in [3.63, 3.8) is 0 Å². The molecule has 0 amide bonds. The van der Waals surface area contributed by atoms with Crippen molar-refractivity contribution < 1.29 is 0 Å². The summed E-state index contributed by atoms with van der Waals surface area (Å²) in [5, 5.41) is 4.76. The van der Waals surface area contributed by atoms with Crippen molar-refractivity contribution in [2.24, 2.45) is 0 Å². The molecule has 1 aromatic carbocycles. The maximum absolute atomic E-state index is 4.76. The van der Waals surface area contributed by atoms with Crippen LogP contribution in [0.3, 0.4) is 0 Å². The molecule has 15 heavy (non-hydrogen) atoms. The van der Waals surface area contributed by atoms with Crippen molar-refractivity contribution in [3.8, 4) is 0 Å². The van der Waals surface area contributed by atoms with E-state index < -0.39 is 0 Å². The highest BCUT2D eigenvalue weighted by Gasteiger charge is 2.30. The average molecular weight is 200 g/mol. The van der Waals surface area contributed by atoms with Crippen molar-refractivity contribution in [1.82, 2.24) is 5.32 Å². The lowest BCUT2D eigenvalue weighted by Gasteiger charge is -2.29. The van der Waals surface area contributed by atoms with E-state index in [9.17, 15) is 0 Å². The predicted molar refractivity (Wildman–Crippen MR) is 62.1 cm³/mol. The molecule has 79 valence electrons. The molecule has 2 aliphatic rings. The van der Waals surface area contributed by atoms with Crippen LogP contribution >= 0.6 is 0 Å². The van der Waals surface area contributed by atoms with Crippen LogP contribution in [0.5, 0.6) is 0 Å². The number of rotatable bonds is 1. The fraction of sp³-hybridized carbons (Fsp3) is 0.571. The third-order valence-electron chi connectivity index (χ3n) is 3.90. The third-order valence-corrected chi connectivity index (χ3v) is 3.90. The van der Waals surface area contributed by atoms with Crippen molar-refractivity contribution in [2.75, 3.05) is 6.54 Å². The van der Waals surface area contributed by atoms with E-state index in [1.165, 1.54) is 32.1 Å². The molecular formula is C14H18N. The van der Waals surface area contributed by atoms with Crippen LogP contribution in [0.15, 0.2) is 24.3 Å². The number of aryl methyl sites for hydroxylation is 1. The molecular weight excluding hydrogens is 182 g/mol. The molecule has 1 radical (unpaired) electrons. The molecule has 1 aliphatic heterocycles. The Morgan fingerprint density at radius 2 is 2.00 bits per heavy atom. The van der Waals surface area contributed by atoms with Gasteiger partial charge in [0, 0.05) is 18.5 Å². The summed E-state index contributed by atoms with van der Waals surface area (Å²) in [6.45, 7) is 1.10. The van der Waals surface area contributed by atoms with Gasteiger partial charge in [-0.1, -0.05) is 24.3 Å². The predicted octanol–water partition coefficient (Wildman–Crippen LogP) is 2.87. The Kier molecular flexibility index (Phi) is 2.49. The Morgan fingerprint density at radius 3 is 2.87 bits per heavy atom. The van der Waals surface area contributed by atoms with Crippen LogP contribution in [0.1, 0.15) is 42.7 Å². The van der Waals surface area contributed by atoms with Gasteiger partial charge in [-0.2, -0.15) is 0 Å². The van der Waals surface area contributed by atoms with Gasteiger partial charge in [0.1, 0.15) is 0 Å². The van der Waals surface area contributed by atoms with Crippen molar-refractivity contribution in [2.45, 2.75) is 44.1 Å². The summed E-state index contributed by atoms with van der Waals surface area (Å²) in [6.07, 6.45) is 6.61. The maximum Gasteiger partial charge on any atom is 0.0315 e. The van der Waals surface area contributed by atoms with E-state index in [4.69, 9.17) is 5.32 Å². The van der Waals surface area contributed by atoms with Crippen LogP contribution in [0.25, 0.3) is 0 Å². The maximum atomic E-state index is 4.76. The monoisotopic (exact) mass is 200 g/mol. The van der Waals surface area contributed by atoms with Gasteiger partial charge in [0.15, 0.2) is 0 Å². The molecule has 1 aliphatic carbocycles. The second-order valence-corrected chi connectivity index (χ2v) is 4.81. The first kappa shape index (κ1) is 9.41. The standard InChI is InChI=1S/C14H18N/c1-2-7-12-11(5-1)6-3-8-13(12)14-9-4-10-15-14/h1-2,5,7,13-14H,3-4,6,8-10H2. The van der Waals surface area contributed by atoms with Gasteiger partial charge in [-0.15, -0.1) is 0 Å². The number of fused-ring (bicyclic) bond motifs is 1. The molecule has 1 aromatic rings. The molecule has 2 unspecified atom stereocenters. The fourth-order valence-corrected chi connectivity index (χ4v) is 3.17. The smallest absolute Gasteiger partial charge is 0.0315 e. The van der Waals surface area contributed by atoms with Gasteiger partial charge in [-0.05, 0) is 43.2 Å². The molecule has 1 heterocycles. The molecule has 1 fully saturated rings. The van der Waals surface area contributed by atoms with Crippen LogP contribution in [-0.4, -0.2) is 12.6 Å². The minimum atomic E-state index is 0.631. The lowest BCUT2D eigenvalue weighted by molar-refractivity contribution is 0.427. The van der Waals surface area contributed by atoms with Crippen LogP contribution in [0, 0.1) is 0 Å². The topological polar surface area (TPSA) is 14.1 Å². The Labute approximate surface area is 91.9 Å². The normalized spacial score (nSPS) is 30.1. The first-order chi connectivity index (χ1) is 7.45. The van der Waals surface area contributed by atoms with Crippen molar-refractivity contribution in [1.29, 1.82) is 0 Å². The lowest BCUT2D eigenvalue weighted by atomic mass is 9.78. The van der Waals surface area contributed by atoms with Gasteiger partial charge in [0.05, 0.1) is 0 Å². The highest BCUT2D eigenvalue weighted by atomic mass is 14.9. The molecule has 1 saturated heterocycles. The summed E-state index contributed by atoms with van der Waals surface area (Å²) in [4.78, 5) is 0. The summed E-state index contributed by atoms with van der Waals surface area (Å²) < 4.78 is 0. The Morgan fingerprint density at radius 1 is 1.07 bits per heavy atom. The van der Waals surface area contributed by atoms with Gasteiger partial charge in [0.25, 0.3) is 0 Å². The molecule has 0 saturated carbocycles. The first-order valence-electron chi connectivity index (χ1n) is 6.19. The summed E-state index contributed by atoms with van der Waals surface area (Å²) in [5.41, 5.74) is 3.18. The summed E-state index contributed by atoms with van der Waals surface area (Å²) >= 11 is 0. The molecule has 1 heteroatoms. The van der Waals surface area contributed by atoms with Crippen LogP contribution in [-0.2, 0) is 6.42 Å². The highest BCUT2D eigenvalue weighted by molar-refractivity contribution is 5.33. The van der Waals surface area contributed by atoms with Crippen LogP contribution in [0.2, 0.25) is 0 Å². The average Bonchev–Trinajstić information content (AvgIpc) is 2.82. The zero-order chi connectivity index (χ0) is 10.1. The second-order valence-electron chi connectivity index (χ2n) is 4.81. The fourth-order valence-electron chi connectivity index (χ4n) is 3.17. The molecule has 3 rings (SSSR count). The van der Waals surface area contributed by atoms with E-state index in [0.717, 1.165) is 12.5 Å². The molecule has 1 nitrogen and oxygen atoms in total. The Balaban J connectivity index is 1.91. The first-order valence-corrected chi connectivity index (χ1v) is 6.19. The summed E-state index contributed by atoms with van der Waals surface area (Å²) in [7, 11) is 0. The second kappa shape index (κ2) is 3.97. The highest BCUT2D eigenvalue weighted by Crippen LogP contribution is 2.36. The quantitative estimate of drug-likeness (QED) is 0.662. The SMILES string of the molecule is c1ccc2c(c1)CCCC2C1CCC[N]1. The van der Waals surface area contributed by atoms with E-state index in [-0.39, 0.29) is 0 Å². The van der Waals surface area contributed by atoms with E-state index >= 15 is 0 Å². The lowest BCUT2D eigenvalue weighted by Crippen LogP contribution is -2.26. The van der Waals surface area contributed by atoms with Crippen LogP contribution < -0.4 is 5.32 Å². The van der Waals surface area contributed by atoms with Crippen molar-refractivity contribution in [3.05, 3.63) is 35.4 Å². The summed E-state index contributed by atoms with van der Waals surface area (Å²) in [6, 6.07) is 9.62. The van der Waals surface area contributed by atoms with Crippen LogP contribution in [0.4, 0.5) is 0 Å². The largest absolute Gasteiger partial charge is 0.238 e. The molecule has 0 bridgehead atoms. The van der Waals surface area contributed by atoms with E-state index in [1.807, 2.05) is 0 Å². The molecule has 0 N–H and O–H groups in total. The Bertz CT molecular complexity index is 339. The minimum Gasteiger partial charge on any atom is -0.238 e. The number of nitrogens with zero attached hydrogens (tertiary/aromatic N) is 1. The molecule has 0 aromatic heterocycles. The zero-order valence-corrected chi connectivity index (χ0v) is 9.15. The van der Waals surface area contributed by atoms with Gasteiger partial charge < -0.3 is 0 Å². The van der Waals surface area contributed by atoms with Gasteiger partial charge in [0.2, 0.25) is 0 Å². The number of hydrogen-bond acceptors (Lipinski definition) is 0. The van der Waals surface area contributed by atoms with Gasteiger partial charge in [-0.3, -0.25) is 0 Å². The van der Waals surface area contributed by atoms with Crippen molar-refractivity contribution >= 4 is 0 Å². The third kappa shape index (κ3) is 1.69. The number of benzene rings is 1. The Hall–Kier alpha value is -0.820. The van der Waals surface area contributed by atoms with Gasteiger partial charge >= 0.3 is 0 Å². The van der Waals surface area contributed by atoms with E-state index in [2.05, 4.69) is 24.3 Å². The van der Waals surface area contributed by atoms with Gasteiger partial charge in [-0.25, -0.2) is 5.32 Å². The minimum absolute atomic E-state index is 0.631. The van der Waals surface area contributed by atoms with E-state index in [1.54, 1.807) is 11.1 Å². The number of hydrogen-bond donors (Lipinski definition) is 0. The summed E-state index contributed by atoms with van der Waals surface area (Å²) in [5.74, 6) is 0.734. The molecule has 0 spiro atoms. The zero-order valence-electron chi connectivity index (χ0n) is 9.15. The van der Waals surface area contributed by atoms with E-state index in [0.29, 0.717) is 6.04 Å². The molecule has 2 atom stereocenters.